The van der Waals surface area contributed by atoms with Crippen LogP contribution in [-0.4, -0.2) is 27.9 Å². The van der Waals surface area contributed by atoms with E-state index in [-0.39, 0.29) is 11.7 Å². The number of hydrogen-bond donors (Lipinski definition) is 4. The molecular formula is C23H22N2O4. The third-order valence-electron chi connectivity index (χ3n) is 4.53. The number of carbonyl (C=O) groups is 2. The monoisotopic (exact) mass is 390 g/mol. The molecule has 29 heavy (non-hydrogen) atoms. The van der Waals surface area contributed by atoms with Crippen LogP contribution in [0.2, 0.25) is 0 Å². The molecule has 1 unspecified atom stereocenters. The van der Waals surface area contributed by atoms with Gasteiger partial charge < -0.3 is 21.3 Å². The second-order valence-electron chi connectivity index (χ2n) is 6.72. The van der Waals surface area contributed by atoms with E-state index in [0.29, 0.717) is 23.2 Å². The molecule has 0 heterocycles. The Hall–Kier alpha value is -3.48. The van der Waals surface area contributed by atoms with E-state index in [9.17, 15) is 19.8 Å². The van der Waals surface area contributed by atoms with Crippen LogP contribution < -0.4 is 11.1 Å². The van der Waals surface area contributed by atoms with Crippen molar-refractivity contribution in [1.82, 2.24) is 0 Å². The van der Waals surface area contributed by atoms with E-state index in [0.717, 1.165) is 5.56 Å². The molecule has 0 fully saturated rings. The molecule has 0 aliphatic heterocycles. The fourth-order valence-corrected chi connectivity index (χ4v) is 2.87. The average Bonchev–Trinajstić information content (AvgIpc) is 2.75. The lowest BCUT2D eigenvalue weighted by Crippen LogP contribution is -2.37. The fraction of sp³-hybridized carbons (Fsp3) is 0.130. The normalized spacial score (nSPS) is 12.8. The molecule has 3 aromatic carbocycles. The molecule has 0 saturated heterocycles. The number of aliphatic hydroxyl groups is 1. The highest BCUT2D eigenvalue weighted by atomic mass is 16.3. The zero-order valence-electron chi connectivity index (χ0n) is 15.7. The van der Waals surface area contributed by atoms with E-state index in [1.165, 1.54) is 0 Å². The van der Waals surface area contributed by atoms with Crippen molar-refractivity contribution in [2.24, 2.45) is 5.73 Å². The molecule has 148 valence electrons. The Morgan fingerprint density at radius 1 is 0.897 bits per heavy atom. The molecule has 0 aliphatic rings. The van der Waals surface area contributed by atoms with Gasteiger partial charge in [-0.25, -0.2) is 0 Å². The van der Waals surface area contributed by atoms with E-state index < -0.39 is 17.9 Å². The number of aromatic hydroxyl groups is 1. The molecule has 0 aliphatic carbocycles. The topological polar surface area (TPSA) is 113 Å². The lowest BCUT2D eigenvalue weighted by molar-refractivity contribution is -0.117. The Bertz CT molecular complexity index is 970. The Morgan fingerprint density at radius 3 is 2.14 bits per heavy atom. The Kier molecular flexibility index (Phi) is 6.39. The van der Waals surface area contributed by atoms with Crippen LogP contribution in [0.25, 0.3) is 0 Å². The summed E-state index contributed by atoms with van der Waals surface area (Å²) in [5.74, 6) is -0.593. The summed E-state index contributed by atoms with van der Waals surface area (Å²) < 4.78 is 0. The highest BCUT2D eigenvalue weighted by Gasteiger charge is 2.19. The van der Waals surface area contributed by atoms with Gasteiger partial charge in [0.25, 0.3) is 0 Å². The number of ketones is 1. The van der Waals surface area contributed by atoms with Gasteiger partial charge in [-0.1, -0.05) is 54.6 Å². The first-order chi connectivity index (χ1) is 13.9. The standard InChI is InChI=1S/C23H22N2O4/c24-20(14-15-6-12-19(26)13-7-15)23(29)25-18-10-8-17(9-11-18)22(28)21(27)16-4-2-1-3-5-16/h1-13,20,22,26,28H,14,24H2,(H,25,29)/t20-,22?/m0/s1. The van der Waals surface area contributed by atoms with Crippen molar-refractivity contribution < 1.29 is 19.8 Å². The number of Topliss-reactive ketones (excluding diaryl/α,β-unsaturated/α-hetero) is 1. The number of hydrogen-bond acceptors (Lipinski definition) is 5. The van der Waals surface area contributed by atoms with Crippen molar-refractivity contribution >= 4 is 17.4 Å². The van der Waals surface area contributed by atoms with Gasteiger partial charge in [-0.05, 0) is 41.8 Å². The number of carbonyl (C=O) groups excluding carboxylic acids is 2. The summed E-state index contributed by atoms with van der Waals surface area (Å²) in [5, 5.41) is 22.3. The van der Waals surface area contributed by atoms with Crippen molar-refractivity contribution in [3.63, 3.8) is 0 Å². The first-order valence-electron chi connectivity index (χ1n) is 9.15. The van der Waals surface area contributed by atoms with Gasteiger partial charge in [0.05, 0.1) is 6.04 Å². The summed E-state index contributed by atoms with van der Waals surface area (Å²) in [6.07, 6.45) is -0.951. The molecule has 6 heteroatoms. The van der Waals surface area contributed by atoms with Gasteiger partial charge in [-0.15, -0.1) is 0 Å². The molecule has 3 rings (SSSR count). The van der Waals surface area contributed by atoms with E-state index in [4.69, 9.17) is 5.73 Å². The summed E-state index contributed by atoms with van der Waals surface area (Å²) in [6, 6.07) is 20.7. The van der Waals surface area contributed by atoms with Crippen LogP contribution in [0.1, 0.15) is 27.6 Å². The van der Waals surface area contributed by atoms with Gasteiger partial charge in [-0.2, -0.15) is 0 Å². The Balaban J connectivity index is 1.60. The predicted molar refractivity (Wildman–Crippen MR) is 111 cm³/mol. The molecule has 6 nitrogen and oxygen atoms in total. The van der Waals surface area contributed by atoms with Crippen molar-refractivity contribution in [2.75, 3.05) is 5.32 Å². The third kappa shape index (κ3) is 5.28. The van der Waals surface area contributed by atoms with Crippen molar-refractivity contribution in [2.45, 2.75) is 18.6 Å². The highest BCUT2D eigenvalue weighted by molar-refractivity contribution is 6.00. The van der Waals surface area contributed by atoms with Crippen molar-refractivity contribution in [3.05, 3.63) is 95.6 Å². The molecule has 5 N–H and O–H groups in total. The molecule has 2 atom stereocenters. The molecule has 3 aromatic rings. The number of nitrogens with two attached hydrogens (primary N) is 1. The number of phenols is 1. The molecule has 0 aromatic heterocycles. The zero-order valence-corrected chi connectivity index (χ0v) is 15.7. The summed E-state index contributed by atoms with van der Waals surface area (Å²) in [5.41, 5.74) is 8.17. The van der Waals surface area contributed by atoms with Crippen LogP contribution in [0.5, 0.6) is 5.75 Å². The minimum atomic E-state index is -1.28. The lowest BCUT2D eigenvalue weighted by Gasteiger charge is -2.14. The number of aliphatic hydroxyl groups excluding tert-OH is 1. The maximum Gasteiger partial charge on any atom is 0.241 e. The minimum Gasteiger partial charge on any atom is -0.508 e. The Labute approximate surface area is 168 Å². The molecule has 1 amide bonds. The molecular weight excluding hydrogens is 368 g/mol. The van der Waals surface area contributed by atoms with E-state index in [2.05, 4.69) is 5.32 Å². The maximum absolute atomic E-state index is 12.3. The van der Waals surface area contributed by atoms with Crippen LogP contribution in [0.4, 0.5) is 5.69 Å². The summed E-state index contributed by atoms with van der Waals surface area (Å²) in [4.78, 5) is 24.6. The van der Waals surface area contributed by atoms with Crippen molar-refractivity contribution in [1.29, 1.82) is 0 Å². The molecule has 0 saturated carbocycles. The second-order valence-corrected chi connectivity index (χ2v) is 6.72. The van der Waals surface area contributed by atoms with E-state index in [1.54, 1.807) is 78.9 Å². The number of rotatable bonds is 7. The molecule has 0 spiro atoms. The summed E-state index contributed by atoms with van der Waals surface area (Å²) in [6.45, 7) is 0. The molecule has 0 bridgehead atoms. The highest BCUT2D eigenvalue weighted by Crippen LogP contribution is 2.21. The van der Waals surface area contributed by atoms with Crippen LogP contribution in [0.15, 0.2) is 78.9 Å². The fourth-order valence-electron chi connectivity index (χ4n) is 2.87. The first kappa shape index (κ1) is 20.3. The van der Waals surface area contributed by atoms with Crippen LogP contribution >= 0.6 is 0 Å². The molecule has 0 radical (unpaired) electrons. The largest absolute Gasteiger partial charge is 0.508 e. The summed E-state index contributed by atoms with van der Waals surface area (Å²) in [7, 11) is 0. The number of amides is 1. The SMILES string of the molecule is N[C@@H](Cc1ccc(O)cc1)C(=O)Nc1ccc(C(O)C(=O)c2ccccc2)cc1. The number of nitrogens with one attached hydrogen (secondary N) is 1. The van der Waals surface area contributed by atoms with Gasteiger partial charge in [0.15, 0.2) is 5.78 Å². The quantitative estimate of drug-likeness (QED) is 0.464. The van der Waals surface area contributed by atoms with E-state index in [1.807, 2.05) is 0 Å². The van der Waals surface area contributed by atoms with Crippen molar-refractivity contribution in [3.8, 4) is 5.75 Å². The zero-order chi connectivity index (χ0) is 20.8. The first-order valence-corrected chi connectivity index (χ1v) is 9.15. The number of phenolic OH excluding ortho intramolecular Hbond substituents is 1. The van der Waals surface area contributed by atoms with Crippen LogP contribution in [0, 0.1) is 0 Å². The van der Waals surface area contributed by atoms with Gasteiger partial charge in [-0.3, -0.25) is 9.59 Å². The van der Waals surface area contributed by atoms with Crippen LogP contribution in [0.3, 0.4) is 0 Å². The van der Waals surface area contributed by atoms with Crippen LogP contribution in [-0.2, 0) is 11.2 Å². The lowest BCUT2D eigenvalue weighted by atomic mass is 10.00. The van der Waals surface area contributed by atoms with Gasteiger partial charge >= 0.3 is 0 Å². The predicted octanol–water partition coefficient (Wildman–Crippen LogP) is 2.82. The maximum atomic E-state index is 12.3. The minimum absolute atomic E-state index is 0.153. The smallest absolute Gasteiger partial charge is 0.241 e. The van der Waals surface area contributed by atoms with Gasteiger partial charge in [0, 0.05) is 11.3 Å². The second kappa shape index (κ2) is 9.14. The van der Waals surface area contributed by atoms with E-state index >= 15 is 0 Å². The third-order valence-corrected chi connectivity index (χ3v) is 4.53. The Morgan fingerprint density at radius 2 is 1.52 bits per heavy atom. The number of benzene rings is 3. The number of anilines is 1. The summed E-state index contributed by atoms with van der Waals surface area (Å²) >= 11 is 0. The average molecular weight is 390 g/mol. The van der Waals surface area contributed by atoms with Gasteiger partial charge in [0.2, 0.25) is 5.91 Å². The van der Waals surface area contributed by atoms with Gasteiger partial charge in [0.1, 0.15) is 11.9 Å².